The number of hydrogen-bond acceptors (Lipinski definition) is 5. The fraction of sp³-hybridized carbons (Fsp3) is 0.478. The number of halogens is 4. The summed E-state index contributed by atoms with van der Waals surface area (Å²) >= 11 is 9.61. The van der Waals surface area contributed by atoms with E-state index < -0.39 is 0 Å². The van der Waals surface area contributed by atoms with E-state index in [1.807, 2.05) is 31.2 Å². The predicted octanol–water partition coefficient (Wildman–Crippen LogP) is 5.74. The first kappa shape index (κ1) is 29.3. The standard InChI is InChI=1S/C23H30BrClN2O3.2ClH/c1-2-29-22-15-19(16-26-8-3-9-27-10-12-28-13-11-27)14-21(24)23(22)30-17-18-4-6-20(25)7-5-18;;/h4-7,14-15,26H,2-3,8-13,16-17H2,1H3;2*1H. The van der Waals surface area contributed by atoms with E-state index >= 15 is 0 Å². The first-order valence-corrected chi connectivity index (χ1v) is 11.7. The quantitative estimate of drug-likeness (QED) is 0.349. The minimum absolute atomic E-state index is 0. The molecule has 1 saturated heterocycles. The van der Waals surface area contributed by atoms with Crippen molar-refractivity contribution in [1.29, 1.82) is 0 Å². The first-order valence-electron chi connectivity index (χ1n) is 10.5. The Bertz CT molecular complexity index is 791. The van der Waals surface area contributed by atoms with E-state index in [4.69, 9.17) is 25.8 Å². The smallest absolute Gasteiger partial charge is 0.175 e. The van der Waals surface area contributed by atoms with E-state index in [1.54, 1.807) is 0 Å². The van der Waals surface area contributed by atoms with Gasteiger partial charge in [0.05, 0.1) is 24.3 Å². The summed E-state index contributed by atoms with van der Waals surface area (Å²) in [5, 5.41) is 4.25. The van der Waals surface area contributed by atoms with Crippen molar-refractivity contribution >= 4 is 52.3 Å². The Labute approximate surface area is 217 Å². The molecule has 1 heterocycles. The van der Waals surface area contributed by atoms with Crippen LogP contribution in [0.15, 0.2) is 40.9 Å². The lowest BCUT2D eigenvalue weighted by atomic mass is 10.2. The molecule has 0 aliphatic carbocycles. The number of ether oxygens (including phenoxy) is 3. The summed E-state index contributed by atoms with van der Waals surface area (Å²) in [6.45, 7) is 9.70. The first-order chi connectivity index (χ1) is 14.7. The van der Waals surface area contributed by atoms with Crippen LogP contribution >= 0.6 is 52.3 Å². The molecule has 0 saturated carbocycles. The fourth-order valence-electron chi connectivity index (χ4n) is 3.35. The zero-order valence-corrected chi connectivity index (χ0v) is 22.3. The molecule has 0 unspecified atom stereocenters. The number of benzene rings is 2. The lowest BCUT2D eigenvalue weighted by molar-refractivity contribution is 0.0374. The van der Waals surface area contributed by atoms with E-state index in [0.29, 0.717) is 13.2 Å². The maximum absolute atomic E-state index is 6.06. The van der Waals surface area contributed by atoms with Crippen molar-refractivity contribution in [2.24, 2.45) is 0 Å². The molecule has 180 valence electrons. The lowest BCUT2D eigenvalue weighted by Gasteiger charge is -2.26. The third-order valence-electron chi connectivity index (χ3n) is 4.93. The summed E-state index contributed by atoms with van der Waals surface area (Å²) < 4.78 is 18.2. The van der Waals surface area contributed by atoms with Crippen molar-refractivity contribution in [3.05, 3.63) is 57.0 Å². The van der Waals surface area contributed by atoms with Gasteiger partial charge < -0.3 is 19.5 Å². The molecule has 9 heteroatoms. The molecule has 32 heavy (non-hydrogen) atoms. The summed E-state index contributed by atoms with van der Waals surface area (Å²) in [6.07, 6.45) is 1.13. The van der Waals surface area contributed by atoms with Gasteiger partial charge in [-0.2, -0.15) is 0 Å². The van der Waals surface area contributed by atoms with Crippen molar-refractivity contribution in [1.82, 2.24) is 10.2 Å². The average Bonchev–Trinajstić information content (AvgIpc) is 2.75. The SMILES string of the molecule is CCOc1cc(CNCCCN2CCOCC2)cc(Br)c1OCc1ccc(Cl)cc1.Cl.Cl. The fourth-order valence-corrected chi connectivity index (χ4v) is 4.08. The highest BCUT2D eigenvalue weighted by Gasteiger charge is 2.13. The minimum atomic E-state index is 0. The summed E-state index contributed by atoms with van der Waals surface area (Å²) in [5.74, 6) is 1.48. The van der Waals surface area contributed by atoms with Crippen LogP contribution < -0.4 is 14.8 Å². The van der Waals surface area contributed by atoms with Crippen LogP contribution in [0.2, 0.25) is 5.02 Å². The van der Waals surface area contributed by atoms with Gasteiger partial charge in [0.25, 0.3) is 0 Å². The number of nitrogens with one attached hydrogen (secondary N) is 1. The van der Waals surface area contributed by atoms with E-state index in [2.05, 4.69) is 38.3 Å². The summed E-state index contributed by atoms with van der Waals surface area (Å²) in [4.78, 5) is 2.46. The molecule has 3 rings (SSSR count). The van der Waals surface area contributed by atoms with Gasteiger partial charge in [0, 0.05) is 24.7 Å². The Kier molecular flexibility index (Phi) is 14.6. The number of rotatable bonds is 11. The molecule has 5 nitrogen and oxygen atoms in total. The molecule has 1 aliphatic heterocycles. The molecule has 0 bridgehead atoms. The Morgan fingerprint density at radius 1 is 1.06 bits per heavy atom. The van der Waals surface area contributed by atoms with Gasteiger partial charge in [-0.05, 0) is 77.8 Å². The Morgan fingerprint density at radius 2 is 1.78 bits per heavy atom. The molecule has 0 atom stereocenters. The van der Waals surface area contributed by atoms with Crippen molar-refractivity contribution in [2.45, 2.75) is 26.5 Å². The summed E-state index contributed by atoms with van der Waals surface area (Å²) in [7, 11) is 0. The molecule has 1 aliphatic rings. The molecule has 0 aromatic heterocycles. The van der Waals surface area contributed by atoms with Gasteiger partial charge in [0.2, 0.25) is 0 Å². The largest absolute Gasteiger partial charge is 0.490 e. The molecule has 0 radical (unpaired) electrons. The van der Waals surface area contributed by atoms with Gasteiger partial charge in [-0.25, -0.2) is 0 Å². The van der Waals surface area contributed by atoms with Crippen molar-refractivity contribution < 1.29 is 14.2 Å². The molecular formula is C23H32BrCl3N2O3. The summed E-state index contributed by atoms with van der Waals surface area (Å²) in [5.41, 5.74) is 2.22. The van der Waals surface area contributed by atoms with Crippen LogP contribution in [0, 0.1) is 0 Å². The van der Waals surface area contributed by atoms with Crippen LogP contribution in [0.3, 0.4) is 0 Å². The molecular weight excluding hydrogens is 539 g/mol. The van der Waals surface area contributed by atoms with Gasteiger partial charge in [0.1, 0.15) is 6.61 Å². The lowest BCUT2D eigenvalue weighted by Crippen LogP contribution is -2.37. The van der Waals surface area contributed by atoms with E-state index in [-0.39, 0.29) is 24.8 Å². The molecule has 2 aromatic rings. The second-order valence-corrected chi connectivity index (χ2v) is 8.53. The highest BCUT2D eigenvalue weighted by Crippen LogP contribution is 2.37. The van der Waals surface area contributed by atoms with E-state index in [9.17, 15) is 0 Å². The van der Waals surface area contributed by atoms with Crippen molar-refractivity contribution in [2.75, 3.05) is 46.0 Å². The molecule has 1 N–H and O–H groups in total. The normalized spacial score (nSPS) is 13.7. The average molecular weight is 571 g/mol. The topological polar surface area (TPSA) is 43.0 Å². The Balaban J connectivity index is 0.00000256. The zero-order valence-electron chi connectivity index (χ0n) is 18.3. The van der Waals surface area contributed by atoms with E-state index in [1.165, 1.54) is 0 Å². The van der Waals surface area contributed by atoms with Crippen LogP contribution in [0.5, 0.6) is 11.5 Å². The van der Waals surface area contributed by atoms with Crippen molar-refractivity contribution in [3.63, 3.8) is 0 Å². The second kappa shape index (κ2) is 16.0. The van der Waals surface area contributed by atoms with Crippen LogP contribution in [-0.2, 0) is 17.9 Å². The zero-order chi connectivity index (χ0) is 21.2. The molecule has 2 aromatic carbocycles. The highest BCUT2D eigenvalue weighted by molar-refractivity contribution is 9.10. The highest BCUT2D eigenvalue weighted by atomic mass is 79.9. The van der Waals surface area contributed by atoms with Crippen LogP contribution in [0.4, 0.5) is 0 Å². The van der Waals surface area contributed by atoms with Crippen molar-refractivity contribution in [3.8, 4) is 11.5 Å². The van der Waals surface area contributed by atoms with Crippen LogP contribution in [-0.4, -0.2) is 50.9 Å². The van der Waals surface area contributed by atoms with Gasteiger partial charge in [-0.15, -0.1) is 24.8 Å². The molecule has 0 spiro atoms. The predicted molar refractivity (Wildman–Crippen MR) is 139 cm³/mol. The maximum Gasteiger partial charge on any atom is 0.175 e. The maximum atomic E-state index is 6.06. The Hall–Kier alpha value is -0.730. The molecule has 1 fully saturated rings. The minimum Gasteiger partial charge on any atom is -0.490 e. The second-order valence-electron chi connectivity index (χ2n) is 7.24. The van der Waals surface area contributed by atoms with Crippen LogP contribution in [0.1, 0.15) is 24.5 Å². The van der Waals surface area contributed by atoms with E-state index in [0.717, 1.165) is 84.5 Å². The van der Waals surface area contributed by atoms with Crippen LogP contribution in [0.25, 0.3) is 0 Å². The third kappa shape index (κ3) is 9.64. The number of morpholine rings is 1. The monoisotopic (exact) mass is 568 g/mol. The number of hydrogen-bond donors (Lipinski definition) is 1. The van der Waals surface area contributed by atoms with Gasteiger partial charge in [0.15, 0.2) is 11.5 Å². The third-order valence-corrected chi connectivity index (χ3v) is 5.77. The summed E-state index contributed by atoms with van der Waals surface area (Å²) in [6, 6.07) is 11.8. The van der Waals surface area contributed by atoms with Gasteiger partial charge >= 0.3 is 0 Å². The van der Waals surface area contributed by atoms with Gasteiger partial charge in [-0.3, -0.25) is 4.90 Å². The van der Waals surface area contributed by atoms with Gasteiger partial charge in [-0.1, -0.05) is 23.7 Å². The Morgan fingerprint density at radius 3 is 2.47 bits per heavy atom. The number of nitrogens with zero attached hydrogens (tertiary/aromatic N) is 1. The molecule has 0 amide bonds.